The average molecular weight is 229 g/mol. The first kappa shape index (κ1) is 13.7. The fourth-order valence-electron chi connectivity index (χ4n) is 1.73. The van der Waals surface area contributed by atoms with Gasteiger partial charge in [-0.3, -0.25) is 4.99 Å². The monoisotopic (exact) mass is 229 g/mol. The molecule has 0 aliphatic rings. The summed E-state index contributed by atoms with van der Waals surface area (Å²) in [5, 5.41) is 0. The number of unbranched alkanes of at least 4 members (excludes halogenated alkanes) is 1. The Morgan fingerprint density at radius 2 is 2.06 bits per heavy atom. The molecule has 0 aliphatic carbocycles. The van der Waals surface area contributed by atoms with Gasteiger partial charge in [0.1, 0.15) is 0 Å². The van der Waals surface area contributed by atoms with Crippen molar-refractivity contribution < 1.29 is 0 Å². The van der Waals surface area contributed by atoms with Crippen LogP contribution in [0.1, 0.15) is 43.4 Å². The zero-order chi connectivity index (χ0) is 12.7. The third-order valence-corrected chi connectivity index (χ3v) is 3.10. The summed E-state index contributed by atoms with van der Waals surface area (Å²) in [7, 11) is 0. The predicted molar refractivity (Wildman–Crippen MR) is 76.8 cm³/mol. The van der Waals surface area contributed by atoms with Crippen LogP contribution in [0, 0.1) is 13.8 Å². The molecule has 92 valence electrons. The van der Waals surface area contributed by atoms with Gasteiger partial charge in [-0.2, -0.15) is 0 Å². The molecule has 0 radical (unpaired) electrons. The van der Waals surface area contributed by atoms with E-state index in [9.17, 15) is 0 Å². The highest BCUT2D eigenvalue weighted by atomic mass is 14.7. The van der Waals surface area contributed by atoms with E-state index in [2.05, 4.69) is 57.0 Å². The van der Waals surface area contributed by atoms with Gasteiger partial charge in [-0.25, -0.2) is 0 Å². The second-order valence-corrected chi connectivity index (χ2v) is 4.42. The van der Waals surface area contributed by atoms with Gasteiger partial charge in [0, 0.05) is 18.3 Å². The second-order valence-electron chi connectivity index (χ2n) is 4.42. The lowest BCUT2D eigenvalue weighted by Crippen LogP contribution is -1.94. The Morgan fingerprint density at radius 3 is 2.71 bits per heavy atom. The van der Waals surface area contributed by atoms with Crippen molar-refractivity contribution in [1.82, 2.24) is 0 Å². The van der Waals surface area contributed by atoms with Crippen molar-refractivity contribution in [3.63, 3.8) is 0 Å². The van der Waals surface area contributed by atoms with Crippen molar-refractivity contribution in [2.24, 2.45) is 4.99 Å². The summed E-state index contributed by atoms with van der Waals surface area (Å²) >= 11 is 0. The van der Waals surface area contributed by atoms with Crippen molar-refractivity contribution >= 4 is 6.21 Å². The first-order valence-corrected chi connectivity index (χ1v) is 6.41. The van der Waals surface area contributed by atoms with E-state index in [4.69, 9.17) is 0 Å². The number of hydrogen-bond acceptors (Lipinski definition) is 1. The standard InChI is InChI=1S/C16H23N/c1-5-7-11-17-16(6-2)12-15-10-8-9-13(3)14(15)4/h6,8-11H,5,7,12H2,1-4H3/b16-6-,17-11?. The van der Waals surface area contributed by atoms with E-state index in [1.165, 1.54) is 16.7 Å². The van der Waals surface area contributed by atoms with E-state index in [0.29, 0.717) is 0 Å². The minimum absolute atomic E-state index is 0.935. The SMILES string of the molecule is C/C=C(/Cc1cccc(C)c1C)N=CCCC. The number of hydrogen-bond donors (Lipinski definition) is 0. The van der Waals surface area contributed by atoms with Crippen LogP contribution in [0.2, 0.25) is 0 Å². The van der Waals surface area contributed by atoms with Gasteiger partial charge in [0.2, 0.25) is 0 Å². The first-order valence-electron chi connectivity index (χ1n) is 6.41. The lowest BCUT2D eigenvalue weighted by atomic mass is 10.00. The lowest BCUT2D eigenvalue weighted by molar-refractivity contribution is 0.996. The summed E-state index contributed by atoms with van der Waals surface area (Å²) < 4.78 is 0. The number of rotatable bonds is 5. The van der Waals surface area contributed by atoms with Crippen LogP contribution in [0.4, 0.5) is 0 Å². The molecule has 0 fully saturated rings. The molecule has 0 heterocycles. The summed E-state index contributed by atoms with van der Waals surface area (Å²) in [6.45, 7) is 8.58. The van der Waals surface area contributed by atoms with Crippen molar-refractivity contribution in [2.75, 3.05) is 0 Å². The molecule has 1 aromatic carbocycles. The van der Waals surface area contributed by atoms with Gasteiger partial charge in [-0.1, -0.05) is 37.6 Å². The third-order valence-electron chi connectivity index (χ3n) is 3.10. The largest absolute Gasteiger partial charge is 0.266 e. The van der Waals surface area contributed by atoms with Crippen LogP contribution < -0.4 is 0 Å². The van der Waals surface area contributed by atoms with Crippen molar-refractivity contribution in [2.45, 2.75) is 47.0 Å². The molecule has 1 rings (SSSR count). The van der Waals surface area contributed by atoms with Crippen molar-refractivity contribution in [1.29, 1.82) is 0 Å². The van der Waals surface area contributed by atoms with Gasteiger partial charge in [0.15, 0.2) is 0 Å². The molecule has 1 aromatic rings. The van der Waals surface area contributed by atoms with Gasteiger partial charge < -0.3 is 0 Å². The molecule has 1 nitrogen and oxygen atoms in total. The van der Waals surface area contributed by atoms with Crippen LogP contribution in [-0.4, -0.2) is 6.21 Å². The normalized spacial score (nSPS) is 12.4. The Balaban J connectivity index is 2.78. The van der Waals surface area contributed by atoms with Crippen LogP contribution in [0.3, 0.4) is 0 Å². The minimum Gasteiger partial charge on any atom is -0.266 e. The van der Waals surface area contributed by atoms with Gasteiger partial charge in [-0.15, -0.1) is 0 Å². The van der Waals surface area contributed by atoms with E-state index in [0.717, 1.165) is 25.0 Å². The molecule has 0 amide bonds. The number of aryl methyl sites for hydroxylation is 1. The van der Waals surface area contributed by atoms with Crippen LogP contribution in [0.5, 0.6) is 0 Å². The van der Waals surface area contributed by atoms with Gasteiger partial charge in [-0.05, 0) is 43.9 Å². The van der Waals surface area contributed by atoms with Crippen molar-refractivity contribution in [3.8, 4) is 0 Å². The first-order chi connectivity index (χ1) is 8.19. The summed E-state index contributed by atoms with van der Waals surface area (Å²) in [5.74, 6) is 0. The minimum atomic E-state index is 0.935. The fraction of sp³-hybridized carbons (Fsp3) is 0.438. The molecule has 0 saturated carbocycles. The Morgan fingerprint density at radius 1 is 1.29 bits per heavy atom. The summed E-state index contributed by atoms with van der Waals surface area (Å²) in [6, 6.07) is 6.48. The third kappa shape index (κ3) is 4.18. The Bertz CT molecular complexity index is 414. The van der Waals surface area contributed by atoms with Gasteiger partial charge in [0.05, 0.1) is 0 Å². The second kappa shape index (κ2) is 7.05. The molecule has 0 aromatic heterocycles. The average Bonchev–Trinajstić information content (AvgIpc) is 2.33. The number of benzene rings is 1. The molecular formula is C16H23N. The van der Waals surface area contributed by atoms with Crippen LogP contribution in [0.15, 0.2) is 35.0 Å². The molecule has 0 atom stereocenters. The zero-order valence-corrected chi connectivity index (χ0v) is 11.5. The highest BCUT2D eigenvalue weighted by Crippen LogP contribution is 2.17. The maximum Gasteiger partial charge on any atom is 0.0401 e. The molecule has 0 unspecified atom stereocenters. The van der Waals surface area contributed by atoms with Gasteiger partial charge >= 0.3 is 0 Å². The lowest BCUT2D eigenvalue weighted by Gasteiger charge is -2.08. The quantitative estimate of drug-likeness (QED) is 0.653. The Kier molecular flexibility index (Phi) is 5.68. The van der Waals surface area contributed by atoms with Crippen LogP contribution in [0.25, 0.3) is 0 Å². The highest BCUT2D eigenvalue weighted by molar-refractivity contribution is 5.59. The van der Waals surface area contributed by atoms with Crippen molar-refractivity contribution in [3.05, 3.63) is 46.7 Å². The molecule has 0 saturated heterocycles. The molecule has 0 bridgehead atoms. The van der Waals surface area contributed by atoms with E-state index >= 15 is 0 Å². The molecule has 0 spiro atoms. The zero-order valence-electron chi connectivity index (χ0n) is 11.5. The van der Waals surface area contributed by atoms with E-state index in [-0.39, 0.29) is 0 Å². The predicted octanol–water partition coefficient (Wildman–Crippen LogP) is 4.62. The smallest absolute Gasteiger partial charge is 0.0401 e. The molecular weight excluding hydrogens is 206 g/mol. The molecule has 1 heteroatoms. The van der Waals surface area contributed by atoms with E-state index < -0.39 is 0 Å². The molecule has 0 N–H and O–H groups in total. The number of nitrogens with zero attached hydrogens (tertiary/aromatic N) is 1. The van der Waals surface area contributed by atoms with E-state index in [1.54, 1.807) is 0 Å². The Labute approximate surface area is 105 Å². The highest BCUT2D eigenvalue weighted by Gasteiger charge is 2.02. The topological polar surface area (TPSA) is 12.4 Å². The summed E-state index contributed by atoms with van der Waals surface area (Å²) in [5.41, 5.74) is 5.28. The Hall–Kier alpha value is -1.37. The molecule has 17 heavy (non-hydrogen) atoms. The molecule has 0 aliphatic heterocycles. The summed E-state index contributed by atoms with van der Waals surface area (Å²) in [4.78, 5) is 4.53. The van der Waals surface area contributed by atoms with Gasteiger partial charge in [0.25, 0.3) is 0 Å². The maximum atomic E-state index is 4.53. The number of aliphatic imine (C=N–C) groups is 1. The fourth-order valence-corrected chi connectivity index (χ4v) is 1.73. The maximum absolute atomic E-state index is 4.53. The van der Waals surface area contributed by atoms with Crippen LogP contribution in [-0.2, 0) is 6.42 Å². The summed E-state index contributed by atoms with van der Waals surface area (Å²) in [6.07, 6.45) is 7.28. The van der Waals surface area contributed by atoms with E-state index in [1.807, 2.05) is 6.21 Å². The number of allylic oxidation sites excluding steroid dienone is 2. The van der Waals surface area contributed by atoms with Crippen LogP contribution >= 0.6 is 0 Å².